The molecule has 7 nitrogen and oxygen atoms in total. The van der Waals surface area contributed by atoms with Crippen molar-refractivity contribution in [2.24, 2.45) is 0 Å². The molecular formula is C11H13FN2O5. The second-order valence-electron chi connectivity index (χ2n) is 3.54. The van der Waals surface area contributed by atoms with E-state index in [0.717, 1.165) is 6.07 Å². The van der Waals surface area contributed by atoms with Gasteiger partial charge in [-0.3, -0.25) is 10.1 Å². The maximum Gasteiger partial charge on any atom is 0.342 e. The zero-order valence-electron chi connectivity index (χ0n) is 10.2. The summed E-state index contributed by atoms with van der Waals surface area (Å²) in [5.74, 6) is -2.37. The maximum absolute atomic E-state index is 13.6. The zero-order valence-corrected chi connectivity index (χ0v) is 10.2. The number of benzene rings is 1. The van der Waals surface area contributed by atoms with Crippen LogP contribution in [0.15, 0.2) is 12.1 Å². The first-order valence-corrected chi connectivity index (χ1v) is 5.50. The fourth-order valence-electron chi connectivity index (χ4n) is 1.42. The summed E-state index contributed by atoms with van der Waals surface area (Å²) in [4.78, 5) is 20.6. The molecule has 0 fully saturated rings. The number of anilines is 1. The molecule has 0 atom stereocenters. The van der Waals surface area contributed by atoms with Gasteiger partial charge in [-0.25, -0.2) is 9.18 Å². The van der Waals surface area contributed by atoms with Gasteiger partial charge in [-0.1, -0.05) is 0 Å². The van der Waals surface area contributed by atoms with E-state index in [1.54, 1.807) is 6.92 Å². The number of carboxylic acids is 1. The number of rotatable bonds is 7. The van der Waals surface area contributed by atoms with Gasteiger partial charge in [0.1, 0.15) is 5.56 Å². The van der Waals surface area contributed by atoms with Gasteiger partial charge < -0.3 is 15.2 Å². The van der Waals surface area contributed by atoms with E-state index >= 15 is 0 Å². The van der Waals surface area contributed by atoms with Crippen molar-refractivity contribution < 1.29 is 24.0 Å². The molecule has 19 heavy (non-hydrogen) atoms. The van der Waals surface area contributed by atoms with E-state index in [1.165, 1.54) is 0 Å². The molecule has 8 heteroatoms. The Labute approximate surface area is 108 Å². The number of halogens is 1. The molecular weight excluding hydrogens is 259 g/mol. The lowest BCUT2D eigenvalue weighted by Crippen LogP contribution is -2.12. The summed E-state index contributed by atoms with van der Waals surface area (Å²) in [6.07, 6.45) is 0. The van der Waals surface area contributed by atoms with Crippen molar-refractivity contribution >= 4 is 17.3 Å². The summed E-state index contributed by atoms with van der Waals surface area (Å²) >= 11 is 0. The first-order chi connectivity index (χ1) is 8.97. The van der Waals surface area contributed by atoms with Crippen LogP contribution in [-0.2, 0) is 4.74 Å². The molecule has 1 aromatic rings. The Bertz CT molecular complexity index is 492. The molecule has 0 spiro atoms. The molecule has 2 N–H and O–H groups in total. The van der Waals surface area contributed by atoms with Crippen molar-refractivity contribution in [2.75, 3.05) is 25.1 Å². The number of hydrogen-bond donors (Lipinski definition) is 2. The third kappa shape index (κ3) is 3.88. The topological polar surface area (TPSA) is 102 Å². The Kier molecular flexibility index (Phi) is 5.19. The van der Waals surface area contributed by atoms with Gasteiger partial charge in [-0.2, -0.15) is 0 Å². The van der Waals surface area contributed by atoms with E-state index in [4.69, 9.17) is 9.84 Å². The van der Waals surface area contributed by atoms with Crippen LogP contribution in [0.2, 0.25) is 0 Å². The lowest BCUT2D eigenvalue weighted by atomic mass is 10.1. The maximum atomic E-state index is 13.6. The Morgan fingerprint density at radius 3 is 2.79 bits per heavy atom. The Hall–Kier alpha value is -2.22. The van der Waals surface area contributed by atoms with Crippen molar-refractivity contribution in [1.82, 2.24) is 0 Å². The summed E-state index contributed by atoms with van der Waals surface area (Å²) in [6, 6.07) is 1.49. The van der Waals surface area contributed by atoms with Crippen LogP contribution in [0.5, 0.6) is 0 Å². The molecule has 104 valence electrons. The molecule has 0 aliphatic rings. The zero-order chi connectivity index (χ0) is 14.4. The van der Waals surface area contributed by atoms with Gasteiger partial charge in [-0.05, 0) is 13.0 Å². The van der Waals surface area contributed by atoms with Crippen LogP contribution >= 0.6 is 0 Å². The van der Waals surface area contributed by atoms with Crippen LogP contribution in [0, 0.1) is 15.9 Å². The summed E-state index contributed by atoms with van der Waals surface area (Å²) < 4.78 is 18.6. The Morgan fingerprint density at radius 2 is 2.26 bits per heavy atom. The van der Waals surface area contributed by atoms with E-state index in [0.29, 0.717) is 19.3 Å². The van der Waals surface area contributed by atoms with Crippen molar-refractivity contribution in [3.63, 3.8) is 0 Å². The van der Waals surface area contributed by atoms with Crippen LogP contribution in [0.1, 0.15) is 17.3 Å². The molecule has 0 saturated carbocycles. The molecule has 0 amide bonds. The fourth-order valence-corrected chi connectivity index (χ4v) is 1.42. The molecule has 0 radical (unpaired) electrons. The monoisotopic (exact) mass is 272 g/mol. The van der Waals surface area contributed by atoms with Crippen LogP contribution in [0.4, 0.5) is 15.8 Å². The normalized spacial score (nSPS) is 10.2. The molecule has 0 unspecified atom stereocenters. The number of carbonyl (C=O) groups is 1. The minimum atomic E-state index is -1.49. The quantitative estimate of drug-likeness (QED) is 0.446. The summed E-state index contributed by atoms with van der Waals surface area (Å²) in [6.45, 7) is 2.89. The fraction of sp³-hybridized carbons (Fsp3) is 0.364. The van der Waals surface area contributed by atoms with Crippen molar-refractivity contribution in [3.8, 4) is 0 Å². The highest BCUT2D eigenvalue weighted by Crippen LogP contribution is 2.26. The van der Waals surface area contributed by atoms with Gasteiger partial charge in [0, 0.05) is 13.2 Å². The van der Waals surface area contributed by atoms with Crippen LogP contribution in [0.3, 0.4) is 0 Å². The van der Waals surface area contributed by atoms with Crippen LogP contribution < -0.4 is 5.32 Å². The predicted octanol–water partition coefficient (Wildman–Crippen LogP) is 1.88. The lowest BCUT2D eigenvalue weighted by Gasteiger charge is -2.08. The average Bonchev–Trinajstić information content (AvgIpc) is 2.35. The number of nitrogens with one attached hydrogen (secondary N) is 1. The minimum Gasteiger partial charge on any atom is -0.477 e. The number of nitro groups is 1. The molecule has 1 rings (SSSR count). The van der Waals surface area contributed by atoms with Gasteiger partial charge in [0.05, 0.1) is 23.3 Å². The third-order valence-electron chi connectivity index (χ3n) is 2.28. The van der Waals surface area contributed by atoms with Crippen LogP contribution in [-0.4, -0.2) is 35.8 Å². The second-order valence-corrected chi connectivity index (χ2v) is 3.54. The number of nitro benzene ring substituents is 1. The summed E-state index contributed by atoms with van der Waals surface area (Å²) in [5.41, 5.74) is -1.45. The van der Waals surface area contributed by atoms with E-state index in [9.17, 15) is 19.3 Å². The van der Waals surface area contributed by atoms with Crippen molar-refractivity contribution in [3.05, 3.63) is 33.6 Å². The number of carboxylic acid groups (broad SMARTS) is 1. The number of hydrogen-bond acceptors (Lipinski definition) is 5. The van der Waals surface area contributed by atoms with E-state index < -0.39 is 28.0 Å². The first kappa shape index (κ1) is 14.8. The molecule has 0 bridgehead atoms. The molecule has 0 aromatic heterocycles. The van der Waals surface area contributed by atoms with Crippen molar-refractivity contribution in [2.45, 2.75) is 6.92 Å². The average molecular weight is 272 g/mol. The highest BCUT2D eigenvalue weighted by atomic mass is 19.1. The molecule has 1 aromatic carbocycles. The predicted molar refractivity (Wildman–Crippen MR) is 65.0 cm³/mol. The van der Waals surface area contributed by atoms with E-state index in [1.807, 2.05) is 0 Å². The smallest absolute Gasteiger partial charge is 0.342 e. The Balaban J connectivity index is 2.97. The molecule has 0 aliphatic heterocycles. The van der Waals surface area contributed by atoms with Gasteiger partial charge in [0.15, 0.2) is 5.82 Å². The summed E-state index contributed by atoms with van der Waals surface area (Å²) in [7, 11) is 0. The SMILES string of the molecule is CCOCCNc1cc(C(=O)O)c([N+](=O)[O-])cc1F. The molecule has 0 saturated heterocycles. The van der Waals surface area contributed by atoms with E-state index in [2.05, 4.69) is 5.32 Å². The van der Waals surface area contributed by atoms with E-state index in [-0.39, 0.29) is 12.2 Å². The standard InChI is InChI=1S/C11H13FN2O5/c1-2-19-4-3-13-9-5-7(11(15)16)10(14(17)18)6-8(9)12/h5-6,13H,2-4H2,1H3,(H,15,16). The van der Waals surface area contributed by atoms with Crippen LogP contribution in [0.25, 0.3) is 0 Å². The first-order valence-electron chi connectivity index (χ1n) is 5.50. The minimum absolute atomic E-state index is 0.109. The molecule has 0 aliphatic carbocycles. The highest BCUT2D eigenvalue weighted by Gasteiger charge is 2.23. The third-order valence-corrected chi connectivity index (χ3v) is 2.28. The van der Waals surface area contributed by atoms with Gasteiger partial charge in [0.2, 0.25) is 0 Å². The molecule has 0 heterocycles. The number of nitrogens with zero attached hydrogens (tertiary/aromatic N) is 1. The van der Waals surface area contributed by atoms with Crippen molar-refractivity contribution in [1.29, 1.82) is 0 Å². The second kappa shape index (κ2) is 6.64. The van der Waals surface area contributed by atoms with Gasteiger partial charge in [0.25, 0.3) is 5.69 Å². The summed E-state index contributed by atoms with van der Waals surface area (Å²) in [5, 5.41) is 22.1. The largest absolute Gasteiger partial charge is 0.477 e. The number of ether oxygens (including phenoxy) is 1. The van der Waals surface area contributed by atoms with Gasteiger partial charge >= 0.3 is 5.97 Å². The lowest BCUT2D eigenvalue weighted by molar-refractivity contribution is -0.385. The Morgan fingerprint density at radius 1 is 1.58 bits per heavy atom. The highest BCUT2D eigenvalue weighted by molar-refractivity contribution is 5.93. The van der Waals surface area contributed by atoms with Gasteiger partial charge in [-0.15, -0.1) is 0 Å². The number of aromatic carboxylic acids is 1.